The number of halogens is 3. The maximum absolute atomic E-state index is 12.9. The molecule has 0 bridgehead atoms. The summed E-state index contributed by atoms with van der Waals surface area (Å²) in [6.45, 7) is 3.14. The van der Waals surface area contributed by atoms with Crippen molar-refractivity contribution in [1.82, 2.24) is 9.97 Å². The Morgan fingerprint density at radius 2 is 2.00 bits per heavy atom. The number of benzene rings is 1. The highest BCUT2D eigenvalue weighted by molar-refractivity contribution is 8.00. The zero-order valence-corrected chi connectivity index (χ0v) is 13.6. The fourth-order valence-electron chi connectivity index (χ4n) is 1.90. The number of alkyl halides is 3. The average molecular weight is 357 g/mol. The standard InChI is InChI=1S/C15H14F3N3O2S/c1-8-7-12(22)21-14(19-8)24-9(2)13(23)20-11-6-4-3-5-10(11)15(16,17)18/h3-7,9H,1-2H3,(H,20,23)(H,19,21,22). The Kier molecular flexibility index (Phi) is 5.33. The predicted molar refractivity (Wildman–Crippen MR) is 85.0 cm³/mol. The molecule has 1 unspecified atom stereocenters. The van der Waals surface area contributed by atoms with E-state index in [-0.39, 0.29) is 16.4 Å². The molecule has 2 N–H and O–H groups in total. The topological polar surface area (TPSA) is 74.8 Å². The Hall–Kier alpha value is -2.29. The van der Waals surface area contributed by atoms with Crippen molar-refractivity contribution in [2.75, 3.05) is 5.32 Å². The van der Waals surface area contributed by atoms with E-state index in [1.807, 2.05) is 0 Å². The van der Waals surface area contributed by atoms with E-state index in [1.165, 1.54) is 31.2 Å². The van der Waals surface area contributed by atoms with Gasteiger partial charge in [-0.2, -0.15) is 13.2 Å². The van der Waals surface area contributed by atoms with Crippen LogP contribution in [0.1, 0.15) is 18.2 Å². The van der Waals surface area contributed by atoms with Crippen molar-refractivity contribution >= 4 is 23.4 Å². The van der Waals surface area contributed by atoms with Crippen molar-refractivity contribution in [3.8, 4) is 0 Å². The maximum atomic E-state index is 12.9. The minimum atomic E-state index is -4.57. The fraction of sp³-hybridized carbons (Fsp3) is 0.267. The van der Waals surface area contributed by atoms with Gasteiger partial charge in [-0.05, 0) is 26.0 Å². The van der Waals surface area contributed by atoms with Gasteiger partial charge in [0.1, 0.15) is 0 Å². The summed E-state index contributed by atoms with van der Waals surface area (Å²) in [7, 11) is 0. The summed E-state index contributed by atoms with van der Waals surface area (Å²) in [5, 5.41) is 1.74. The second-order valence-electron chi connectivity index (χ2n) is 4.98. The first-order valence-electron chi connectivity index (χ1n) is 6.88. The van der Waals surface area contributed by atoms with Crippen LogP contribution >= 0.6 is 11.8 Å². The summed E-state index contributed by atoms with van der Waals surface area (Å²) < 4.78 is 38.8. The van der Waals surface area contributed by atoms with Crippen molar-refractivity contribution in [3.63, 3.8) is 0 Å². The smallest absolute Gasteiger partial charge is 0.325 e. The molecular weight excluding hydrogens is 343 g/mol. The number of aromatic nitrogens is 2. The van der Waals surface area contributed by atoms with Gasteiger partial charge in [-0.1, -0.05) is 23.9 Å². The lowest BCUT2D eigenvalue weighted by atomic mass is 10.1. The summed E-state index contributed by atoms with van der Waals surface area (Å²) in [4.78, 5) is 30.1. The van der Waals surface area contributed by atoms with E-state index >= 15 is 0 Å². The van der Waals surface area contributed by atoms with Gasteiger partial charge in [0.15, 0.2) is 5.16 Å². The molecule has 0 saturated heterocycles. The van der Waals surface area contributed by atoms with Crippen LogP contribution in [0.25, 0.3) is 0 Å². The minimum Gasteiger partial charge on any atom is -0.325 e. The predicted octanol–water partition coefficient (Wildman–Crippen LogP) is 3.22. The Morgan fingerprint density at radius 1 is 1.33 bits per heavy atom. The molecule has 2 rings (SSSR count). The van der Waals surface area contributed by atoms with Crippen LogP contribution in [0.15, 0.2) is 40.3 Å². The van der Waals surface area contributed by atoms with Crippen molar-refractivity contribution < 1.29 is 18.0 Å². The van der Waals surface area contributed by atoms with E-state index < -0.39 is 22.9 Å². The monoisotopic (exact) mass is 357 g/mol. The van der Waals surface area contributed by atoms with E-state index in [0.717, 1.165) is 17.8 Å². The molecule has 1 heterocycles. The number of carbonyl (C=O) groups excluding carboxylic acids is 1. The van der Waals surface area contributed by atoms with E-state index in [1.54, 1.807) is 6.92 Å². The first-order chi connectivity index (χ1) is 11.2. The van der Waals surface area contributed by atoms with Crippen molar-refractivity contribution in [2.45, 2.75) is 30.4 Å². The number of nitrogens with zero attached hydrogens (tertiary/aromatic N) is 1. The van der Waals surface area contributed by atoms with Crippen LogP contribution in [-0.2, 0) is 11.0 Å². The first-order valence-corrected chi connectivity index (χ1v) is 7.76. The lowest BCUT2D eigenvalue weighted by Gasteiger charge is -2.16. The molecule has 0 radical (unpaired) electrons. The number of hydrogen-bond acceptors (Lipinski definition) is 4. The van der Waals surface area contributed by atoms with E-state index in [9.17, 15) is 22.8 Å². The van der Waals surface area contributed by atoms with Crippen LogP contribution in [0, 0.1) is 6.92 Å². The molecule has 0 aliphatic rings. The van der Waals surface area contributed by atoms with Crippen LogP contribution < -0.4 is 10.9 Å². The molecule has 0 aliphatic heterocycles. The van der Waals surface area contributed by atoms with Crippen LogP contribution in [-0.4, -0.2) is 21.1 Å². The number of aryl methyl sites for hydroxylation is 1. The second-order valence-corrected chi connectivity index (χ2v) is 6.31. The molecule has 9 heteroatoms. The lowest BCUT2D eigenvalue weighted by Crippen LogP contribution is -2.25. The largest absolute Gasteiger partial charge is 0.418 e. The highest BCUT2D eigenvalue weighted by Crippen LogP contribution is 2.34. The number of hydrogen-bond donors (Lipinski definition) is 2. The maximum Gasteiger partial charge on any atom is 0.418 e. The van der Waals surface area contributed by atoms with E-state index in [0.29, 0.717) is 5.69 Å². The SMILES string of the molecule is Cc1cc(=O)[nH]c(SC(C)C(=O)Nc2ccccc2C(F)(F)F)n1. The number of rotatable bonds is 4. The third kappa shape index (κ3) is 4.60. The molecule has 24 heavy (non-hydrogen) atoms. The van der Waals surface area contributed by atoms with Crippen LogP contribution in [0.5, 0.6) is 0 Å². The van der Waals surface area contributed by atoms with Crippen molar-refractivity contribution in [3.05, 3.63) is 51.9 Å². The highest BCUT2D eigenvalue weighted by Gasteiger charge is 2.33. The van der Waals surface area contributed by atoms with Gasteiger partial charge in [-0.3, -0.25) is 9.59 Å². The molecule has 0 aliphatic carbocycles. The quantitative estimate of drug-likeness (QED) is 0.651. The third-order valence-corrected chi connectivity index (χ3v) is 3.98. The highest BCUT2D eigenvalue weighted by atomic mass is 32.2. The summed E-state index contributed by atoms with van der Waals surface area (Å²) in [5.41, 5.74) is -1.11. The number of carbonyl (C=O) groups is 1. The molecule has 0 fully saturated rings. The van der Waals surface area contributed by atoms with Gasteiger partial charge in [0.2, 0.25) is 5.91 Å². The van der Waals surface area contributed by atoms with Gasteiger partial charge in [0, 0.05) is 11.8 Å². The number of amides is 1. The summed E-state index contributed by atoms with van der Waals surface area (Å²) in [6.07, 6.45) is -4.57. The molecule has 0 saturated carbocycles. The normalized spacial score (nSPS) is 12.7. The Bertz CT molecular complexity index is 805. The van der Waals surface area contributed by atoms with Gasteiger partial charge in [0.05, 0.1) is 16.5 Å². The molecule has 2 aromatic rings. The third-order valence-electron chi connectivity index (χ3n) is 3.00. The van der Waals surface area contributed by atoms with Crippen LogP contribution in [0.3, 0.4) is 0 Å². The number of H-pyrrole nitrogens is 1. The van der Waals surface area contributed by atoms with Crippen LogP contribution in [0.4, 0.5) is 18.9 Å². The molecule has 1 amide bonds. The van der Waals surface area contributed by atoms with Gasteiger partial charge in [-0.25, -0.2) is 4.98 Å². The van der Waals surface area contributed by atoms with Gasteiger partial charge < -0.3 is 10.3 Å². The van der Waals surface area contributed by atoms with Crippen molar-refractivity contribution in [1.29, 1.82) is 0 Å². The Labute approximate surface area is 139 Å². The van der Waals surface area contributed by atoms with Crippen molar-refractivity contribution in [2.24, 2.45) is 0 Å². The Morgan fingerprint density at radius 3 is 2.62 bits per heavy atom. The van der Waals surface area contributed by atoms with Gasteiger partial charge in [0.25, 0.3) is 5.56 Å². The van der Waals surface area contributed by atoms with E-state index in [4.69, 9.17) is 0 Å². The number of thioether (sulfide) groups is 1. The summed E-state index contributed by atoms with van der Waals surface area (Å²) in [5.74, 6) is -0.624. The zero-order chi connectivity index (χ0) is 17.9. The number of aromatic amines is 1. The molecule has 1 aromatic heterocycles. The first kappa shape index (κ1) is 18.1. The molecular formula is C15H14F3N3O2S. The van der Waals surface area contributed by atoms with E-state index in [2.05, 4.69) is 15.3 Å². The molecule has 5 nitrogen and oxygen atoms in total. The zero-order valence-electron chi connectivity index (χ0n) is 12.8. The lowest BCUT2D eigenvalue weighted by molar-refractivity contribution is -0.137. The number of para-hydroxylation sites is 1. The van der Waals surface area contributed by atoms with Gasteiger partial charge in [-0.15, -0.1) is 0 Å². The summed E-state index contributed by atoms with van der Waals surface area (Å²) in [6, 6.07) is 6.03. The Balaban J connectivity index is 2.14. The fourth-order valence-corrected chi connectivity index (χ4v) is 2.76. The molecule has 0 spiro atoms. The summed E-state index contributed by atoms with van der Waals surface area (Å²) >= 11 is 0.953. The second kappa shape index (κ2) is 7.08. The molecule has 128 valence electrons. The molecule has 1 atom stereocenters. The van der Waals surface area contributed by atoms with Gasteiger partial charge >= 0.3 is 6.18 Å². The molecule has 1 aromatic carbocycles. The number of anilines is 1. The minimum absolute atomic E-state index is 0.228. The number of nitrogens with one attached hydrogen (secondary N) is 2. The average Bonchev–Trinajstić information content (AvgIpc) is 2.45. The van der Waals surface area contributed by atoms with Crippen LogP contribution in [0.2, 0.25) is 0 Å².